The normalized spacial score (nSPS) is 16.2. The first-order valence-electron chi connectivity index (χ1n) is 7.75. The van der Waals surface area contributed by atoms with Crippen LogP contribution in [0.4, 0.5) is 4.39 Å². The number of rotatable bonds is 5. The number of aromatic nitrogens is 2. The quantitative estimate of drug-likeness (QED) is 0.732. The zero-order valence-corrected chi connectivity index (χ0v) is 14.4. The van der Waals surface area contributed by atoms with Gasteiger partial charge in [0.25, 0.3) is 0 Å². The largest absolute Gasteiger partial charge is 0.382 e. The standard InChI is InChI=1S/C19H18ClFN2O2/c1-18(24,14-2-6-16(20)7-3-14)19(25,12-23-11-10-22-13-23)15-4-8-17(21)9-5-15/h2-11,13,24-25H,12H2,1H3/t18-,19+/m1/s1. The Morgan fingerprint density at radius 1 is 1.04 bits per heavy atom. The van der Waals surface area contributed by atoms with Gasteiger partial charge in [-0.3, -0.25) is 0 Å². The molecule has 3 aromatic rings. The van der Waals surface area contributed by atoms with E-state index in [4.69, 9.17) is 11.6 Å². The second-order valence-electron chi connectivity index (χ2n) is 6.18. The van der Waals surface area contributed by atoms with Crippen LogP contribution in [0.5, 0.6) is 0 Å². The van der Waals surface area contributed by atoms with Crippen molar-refractivity contribution in [2.45, 2.75) is 24.7 Å². The zero-order chi connectivity index (χ0) is 18.1. The van der Waals surface area contributed by atoms with Crippen LogP contribution >= 0.6 is 11.6 Å². The van der Waals surface area contributed by atoms with Crippen LogP contribution in [0.3, 0.4) is 0 Å². The van der Waals surface area contributed by atoms with E-state index in [1.165, 1.54) is 31.2 Å². The summed E-state index contributed by atoms with van der Waals surface area (Å²) in [5.74, 6) is -0.417. The van der Waals surface area contributed by atoms with Gasteiger partial charge in [-0.2, -0.15) is 0 Å². The summed E-state index contributed by atoms with van der Waals surface area (Å²) < 4.78 is 15.0. The summed E-state index contributed by atoms with van der Waals surface area (Å²) >= 11 is 5.93. The molecule has 2 atom stereocenters. The van der Waals surface area contributed by atoms with Gasteiger partial charge in [0.1, 0.15) is 17.0 Å². The lowest BCUT2D eigenvalue weighted by atomic mass is 9.74. The van der Waals surface area contributed by atoms with Crippen molar-refractivity contribution in [2.75, 3.05) is 0 Å². The van der Waals surface area contributed by atoms with E-state index >= 15 is 0 Å². The molecule has 0 unspecified atom stereocenters. The SMILES string of the molecule is C[C@@](O)(c1ccc(Cl)cc1)[C@](O)(Cn1ccnc1)c1ccc(F)cc1. The summed E-state index contributed by atoms with van der Waals surface area (Å²) in [5.41, 5.74) is -2.51. The van der Waals surface area contributed by atoms with Crippen molar-refractivity contribution in [1.29, 1.82) is 0 Å². The van der Waals surface area contributed by atoms with Gasteiger partial charge >= 0.3 is 0 Å². The highest BCUT2D eigenvalue weighted by atomic mass is 35.5. The molecule has 0 aliphatic carbocycles. The predicted octanol–water partition coefficient (Wildman–Crippen LogP) is 3.47. The van der Waals surface area contributed by atoms with Gasteiger partial charge in [0.15, 0.2) is 0 Å². The van der Waals surface area contributed by atoms with Crippen LogP contribution in [0.25, 0.3) is 0 Å². The van der Waals surface area contributed by atoms with Gasteiger partial charge in [0.2, 0.25) is 0 Å². The number of imidazole rings is 1. The minimum Gasteiger partial charge on any atom is -0.382 e. The van der Waals surface area contributed by atoms with Crippen LogP contribution in [-0.4, -0.2) is 19.8 Å². The summed E-state index contributed by atoms with van der Waals surface area (Å²) in [6.07, 6.45) is 4.82. The number of hydrogen-bond donors (Lipinski definition) is 2. The molecule has 0 bridgehead atoms. The molecule has 0 amide bonds. The third-order valence-electron chi connectivity index (χ3n) is 4.50. The van der Waals surface area contributed by atoms with Gasteiger partial charge in [-0.15, -0.1) is 0 Å². The van der Waals surface area contributed by atoms with Crippen LogP contribution in [-0.2, 0) is 17.7 Å². The van der Waals surface area contributed by atoms with Crippen molar-refractivity contribution in [3.05, 3.63) is 89.2 Å². The highest BCUT2D eigenvalue weighted by Crippen LogP contribution is 2.42. The number of aliphatic hydroxyl groups is 2. The van der Waals surface area contributed by atoms with Gasteiger partial charge < -0.3 is 14.8 Å². The van der Waals surface area contributed by atoms with Crippen molar-refractivity contribution in [3.63, 3.8) is 0 Å². The Morgan fingerprint density at radius 3 is 2.20 bits per heavy atom. The summed E-state index contributed by atoms with van der Waals surface area (Å²) in [7, 11) is 0. The van der Waals surface area contributed by atoms with Crippen LogP contribution in [0.15, 0.2) is 67.3 Å². The molecule has 2 aromatic carbocycles. The molecule has 0 fully saturated rings. The van der Waals surface area contributed by atoms with Crippen LogP contribution in [0.2, 0.25) is 5.02 Å². The molecule has 0 aliphatic rings. The van der Waals surface area contributed by atoms with E-state index in [0.29, 0.717) is 16.1 Å². The van der Waals surface area contributed by atoms with E-state index in [1.807, 2.05) is 0 Å². The van der Waals surface area contributed by atoms with Gasteiger partial charge in [-0.1, -0.05) is 35.9 Å². The Hall–Kier alpha value is -2.21. The molecule has 4 nitrogen and oxygen atoms in total. The minimum atomic E-state index is -1.73. The Bertz CT molecular complexity index is 833. The Morgan fingerprint density at radius 2 is 1.64 bits per heavy atom. The smallest absolute Gasteiger partial charge is 0.140 e. The number of benzene rings is 2. The topological polar surface area (TPSA) is 58.3 Å². The lowest BCUT2D eigenvalue weighted by molar-refractivity contribution is -0.163. The molecule has 0 saturated carbocycles. The first-order valence-corrected chi connectivity index (χ1v) is 8.13. The number of halogens is 2. The van der Waals surface area contributed by atoms with E-state index in [-0.39, 0.29) is 6.54 Å². The average Bonchev–Trinajstić information content (AvgIpc) is 3.08. The third-order valence-corrected chi connectivity index (χ3v) is 4.76. The fourth-order valence-electron chi connectivity index (χ4n) is 2.91. The second kappa shape index (κ2) is 6.59. The van der Waals surface area contributed by atoms with Gasteiger partial charge in [0, 0.05) is 17.4 Å². The molecule has 0 radical (unpaired) electrons. The van der Waals surface area contributed by atoms with Crippen LogP contribution < -0.4 is 0 Å². The Balaban J connectivity index is 2.12. The summed E-state index contributed by atoms with van der Waals surface area (Å²) in [6.45, 7) is 1.56. The fourth-order valence-corrected chi connectivity index (χ4v) is 3.04. The molecule has 3 rings (SSSR count). The maximum Gasteiger partial charge on any atom is 0.140 e. The van der Waals surface area contributed by atoms with E-state index in [0.717, 1.165) is 0 Å². The van der Waals surface area contributed by atoms with E-state index in [2.05, 4.69) is 4.98 Å². The molecule has 0 aliphatic heterocycles. The first kappa shape index (κ1) is 17.6. The average molecular weight is 361 g/mol. The molecule has 0 spiro atoms. The molecule has 25 heavy (non-hydrogen) atoms. The van der Waals surface area contributed by atoms with Gasteiger partial charge in [0.05, 0.1) is 12.9 Å². The first-order chi connectivity index (χ1) is 11.8. The van der Waals surface area contributed by atoms with E-state index in [9.17, 15) is 14.6 Å². The zero-order valence-electron chi connectivity index (χ0n) is 13.6. The van der Waals surface area contributed by atoms with Crippen LogP contribution in [0.1, 0.15) is 18.1 Å². The lowest BCUT2D eigenvalue weighted by Crippen LogP contribution is -2.50. The summed E-state index contributed by atoms with van der Waals surface area (Å²) in [5, 5.41) is 23.4. The van der Waals surface area contributed by atoms with Crippen molar-refractivity contribution < 1.29 is 14.6 Å². The Kier molecular flexibility index (Phi) is 4.64. The lowest BCUT2D eigenvalue weighted by Gasteiger charge is -2.42. The Labute approximate surface area is 150 Å². The van der Waals surface area contributed by atoms with Gasteiger partial charge in [-0.05, 0) is 42.3 Å². The minimum absolute atomic E-state index is 0.0360. The highest BCUT2D eigenvalue weighted by Gasteiger charge is 2.48. The monoisotopic (exact) mass is 360 g/mol. The molecule has 130 valence electrons. The molecule has 1 heterocycles. The maximum absolute atomic E-state index is 13.3. The molecule has 2 N–H and O–H groups in total. The van der Waals surface area contributed by atoms with Gasteiger partial charge in [-0.25, -0.2) is 9.37 Å². The summed E-state index contributed by atoms with van der Waals surface area (Å²) in [4.78, 5) is 3.97. The summed E-state index contributed by atoms with van der Waals surface area (Å²) in [6, 6.07) is 12.1. The molecule has 0 saturated heterocycles. The fraction of sp³-hybridized carbons (Fsp3) is 0.211. The van der Waals surface area contributed by atoms with Crippen molar-refractivity contribution in [3.8, 4) is 0 Å². The highest BCUT2D eigenvalue weighted by molar-refractivity contribution is 6.30. The molecular formula is C19H18ClFN2O2. The molecular weight excluding hydrogens is 343 g/mol. The van der Waals surface area contributed by atoms with E-state index < -0.39 is 17.0 Å². The maximum atomic E-state index is 13.3. The molecule has 1 aromatic heterocycles. The van der Waals surface area contributed by atoms with Crippen molar-refractivity contribution in [2.24, 2.45) is 0 Å². The number of nitrogens with zero attached hydrogens (tertiary/aromatic N) is 2. The molecule has 6 heteroatoms. The third kappa shape index (κ3) is 3.31. The second-order valence-corrected chi connectivity index (χ2v) is 6.62. The van der Waals surface area contributed by atoms with Crippen molar-refractivity contribution in [1.82, 2.24) is 9.55 Å². The number of hydrogen-bond acceptors (Lipinski definition) is 3. The van der Waals surface area contributed by atoms with E-state index in [1.54, 1.807) is 47.6 Å². The van der Waals surface area contributed by atoms with Crippen LogP contribution in [0, 0.1) is 5.82 Å². The van der Waals surface area contributed by atoms with Crippen molar-refractivity contribution >= 4 is 11.6 Å². The predicted molar refractivity (Wildman–Crippen MR) is 93.5 cm³/mol.